The molecule has 0 radical (unpaired) electrons. The molecule has 0 aromatic carbocycles. The molecule has 0 bridgehead atoms. The minimum absolute atomic E-state index is 0.392. The highest BCUT2D eigenvalue weighted by Crippen LogP contribution is 2.36. The van der Waals surface area contributed by atoms with E-state index in [0.717, 1.165) is 15.6 Å². The maximum atomic E-state index is 9.78. The molecule has 4 heterocycles. The smallest absolute Gasteiger partial charge is 0.188 e. The molecule has 8 nitrogen and oxygen atoms in total. The van der Waals surface area contributed by atoms with Crippen LogP contribution >= 0.6 is 23.1 Å². The Kier molecular flexibility index (Phi) is 6.73. The molecule has 0 fully saturated rings. The molecule has 3 N–H and O–H groups in total. The molecular formula is C21H19N5O3S2. The van der Waals surface area contributed by atoms with Gasteiger partial charge in [-0.1, -0.05) is 17.8 Å². The number of nitrogens with zero attached hydrogens (tertiary/aromatic N) is 4. The molecule has 0 saturated heterocycles. The van der Waals surface area contributed by atoms with Gasteiger partial charge in [0.05, 0.1) is 18.0 Å². The lowest BCUT2D eigenvalue weighted by atomic mass is 10.3. The lowest BCUT2D eigenvalue weighted by molar-refractivity contribution is 0.0928. The third kappa shape index (κ3) is 5.36. The maximum Gasteiger partial charge on any atom is 0.188 e. The van der Waals surface area contributed by atoms with E-state index in [-0.39, 0.29) is 0 Å². The van der Waals surface area contributed by atoms with Crippen molar-refractivity contribution in [1.82, 2.24) is 19.9 Å². The molecule has 0 saturated carbocycles. The Morgan fingerprint density at radius 3 is 2.77 bits per heavy atom. The number of anilines is 2. The van der Waals surface area contributed by atoms with Crippen molar-refractivity contribution >= 4 is 34.0 Å². The molecule has 0 aliphatic carbocycles. The summed E-state index contributed by atoms with van der Waals surface area (Å²) in [5.74, 6) is 1.58. The zero-order valence-electron chi connectivity index (χ0n) is 16.5. The van der Waals surface area contributed by atoms with Crippen molar-refractivity contribution in [3.8, 4) is 11.5 Å². The van der Waals surface area contributed by atoms with Gasteiger partial charge in [-0.05, 0) is 31.2 Å². The summed E-state index contributed by atoms with van der Waals surface area (Å²) in [5.41, 5.74) is 1.14. The van der Waals surface area contributed by atoms with Crippen LogP contribution in [0.2, 0.25) is 0 Å². The van der Waals surface area contributed by atoms with E-state index >= 15 is 0 Å². The van der Waals surface area contributed by atoms with Crippen molar-refractivity contribution in [2.45, 2.75) is 22.9 Å². The van der Waals surface area contributed by atoms with E-state index in [1.165, 1.54) is 23.1 Å². The molecular weight excluding hydrogens is 434 g/mol. The monoisotopic (exact) mass is 453 g/mol. The highest BCUT2D eigenvalue weighted by molar-refractivity contribution is 7.99. The van der Waals surface area contributed by atoms with Crippen LogP contribution in [0.25, 0.3) is 0 Å². The van der Waals surface area contributed by atoms with Crippen molar-refractivity contribution in [2.24, 2.45) is 0 Å². The summed E-state index contributed by atoms with van der Waals surface area (Å²) < 4.78 is 6.13. The summed E-state index contributed by atoms with van der Waals surface area (Å²) in [5, 5.41) is 25.1. The Bertz CT molecular complexity index is 1160. The quantitative estimate of drug-likeness (QED) is 0.358. The molecule has 0 aliphatic rings. The van der Waals surface area contributed by atoms with Crippen LogP contribution in [-0.4, -0.2) is 36.8 Å². The van der Waals surface area contributed by atoms with Crippen LogP contribution in [0, 0.1) is 6.92 Å². The van der Waals surface area contributed by atoms with Gasteiger partial charge < -0.3 is 20.3 Å². The van der Waals surface area contributed by atoms with Crippen LogP contribution in [0.15, 0.2) is 70.3 Å². The van der Waals surface area contributed by atoms with Gasteiger partial charge in [0.25, 0.3) is 0 Å². The van der Waals surface area contributed by atoms with E-state index in [1.54, 1.807) is 30.0 Å². The zero-order valence-corrected chi connectivity index (χ0v) is 18.1. The molecule has 4 aromatic heterocycles. The van der Waals surface area contributed by atoms with E-state index in [4.69, 9.17) is 9.84 Å². The predicted molar refractivity (Wildman–Crippen MR) is 119 cm³/mol. The van der Waals surface area contributed by atoms with Crippen molar-refractivity contribution in [2.75, 3.05) is 11.9 Å². The minimum Gasteiger partial charge on any atom is -0.452 e. The number of aromatic nitrogens is 4. The highest BCUT2D eigenvalue weighted by atomic mass is 32.2. The van der Waals surface area contributed by atoms with Gasteiger partial charge in [0.15, 0.2) is 16.7 Å². The molecule has 0 spiro atoms. The third-order valence-corrected chi connectivity index (χ3v) is 5.81. The van der Waals surface area contributed by atoms with E-state index in [1.807, 2.05) is 37.3 Å². The number of hydrogen-bond acceptors (Lipinski definition) is 10. The molecule has 4 aromatic rings. The highest BCUT2D eigenvalue weighted by Gasteiger charge is 2.15. The molecule has 0 aliphatic heterocycles. The van der Waals surface area contributed by atoms with E-state index in [9.17, 15) is 5.11 Å². The molecule has 158 valence electrons. The van der Waals surface area contributed by atoms with Crippen molar-refractivity contribution < 1.29 is 14.9 Å². The van der Waals surface area contributed by atoms with Crippen molar-refractivity contribution in [3.05, 3.63) is 71.8 Å². The second-order valence-electron chi connectivity index (χ2n) is 6.38. The van der Waals surface area contributed by atoms with E-state index in [0.29, 0.717) is 28.1 Å². The maximum absolute atomic E-state index is 9.78. The predicted octanol–water partition coefficient (Wildman–Crippen LogP) is 4.35. The van der Waals surface area contributed by atoms with Crippen molar-refractivity contribution in [3.63, 3.8) is 0 Å². The number of aryl methyl sites for hydroxylation is 1. The van der Waals surface area contributed by atoms with Gasteiger partial charge in [-0.3, -0.25) is 4.98 Å². The summed E-state index contributed by atoms with van der Waals surface area (Å²) >= 11 is 2.77. The summed E-state index contributed by atoms with van der Waals surface area (Å²) in [6.07, 6.45) is 4.15. The molecule has 10 heteroatoms. The third-order valence-electron chi connectivity index (χ3n) is 4.13. The summed E-state index contributed by atoms with van der Waals surface area (Å²) in [6.45, 7) is 1.47. The van der Waals surface area contributed by atoms with Crippen LogP contribution in [0.5, 0.6) is 11.5 Å². The van der Waals surface area contributed by atoms with Crippen LogP contribution in [0.4, 0.5) is 10.9 Å². The first-order valence-electron chi connectivity index (χ1n) is 9.32. The van der Waals surface area contributed by atoms with E-state index < -0.39 is 12.7 Å². The minimum atomic E-state index is -1.02. The average Bonchev–Trinajstić information content (AvgIpc) is 3.26. The second kappa shape index (κ2) is 9.84. The molecule has 1 unspecified atom stereocenters. The number of thiazole rings is 1. The SMILES string of the molecule is Cc1ncccc1Oc1cc(Sc2ccccn2)cnc1Nc1nc(C(O)CO)cs1. The fraction of sp³-hybridized carbons (Fsp3) is 0.143. The number of aliphatic hydroxyl groups is 2. The van der Waals surface area contributed by atoms with Crippen LogP contribution in [0.3, 0.4) is 0 Å². The number of nitrogens with one attached hydrogen (secondary N) is 1. The van der Waals surface area contributed by atoms with Crippen molar-refractivity contribution in [1.29, 1.82) is 0 Å². The standard InChI is InChI=1S/C21H19N5O3S2/c1-13-17(5-4-8-22-13)29-18-9-14(31-19-6-2-3-7-23-19)10-24-20(18)26-21-25-15(12-30-21)16(28)11-27/h2-10,12,16,27-28H,11H2,1H3,(H,24,25,26). The number of pyridine rings is 3. The fourth-order valence-corrected chi connectivity index (χ4v) is 4.10. The topological polar surface area (TPSA) is 113 Å². The summed E-state index contributed by atoms with van der Waals surface area (Å²) in [6, 6.07) is 11.2. The Morgan fingerprint density at radius 1 is 1.13 bits per heavy atom. The second-order valence-corrected chi connectivity index (χ2v) is 8.33. The number of rotatable bonds is 8. The number of ether oxygens (including phenoxy) is 1. The first kappa shape index (κ1) is 21.2. The number of aliphatic hydroxyl groups excluding tert-OH is 2. The van der Waals surface area contributed by atoms with Gasteiger partial charge in [0.1, 0.15) is 16.9 Å². The molecule has 0 amide bonds. The van der Waals surface area contributed by atoms with Gasteiger partial charge in [-0.15, -0.1) is 11.3 Å². The largest absolute Gasteiger partial charge is 0.452 e. The molecule has 1 atom stereocenters. The van der Waals surface area contributed by atoms with E-state index in [2.05, 4.69) is 25.3 Å². The van der Waals surface area contributed by atoms with Gasteiger partial charge in [-0.25, -0.2) is 15.0 Å². The molecule has 4 rings (SSSR count). The Hall–Kier alpha value is -3.05. The number of hydrogen-bond donors (Lipinski definition) is 3. The molecule has 31 heavy (non-hydrogen) atoms. The first-order valence-corrected chi connectivity index (χ1v) is 11.0. The summed E-state index contributed by atoms with van der Waals surface area (Å²) in [4.78, 5) is 18.3. The van der Waals surface area contributed by atoms with Crippen LogP contribution < -0.4 is 10.1 Å². The van der Waals surface area contributed by atoms with Gasteiger partial charge in [-0.2, -0.15) is 0 Å². The normalized spacial score (nSPS) is 11.8. The van der Waals surface area contributed by atoms with Gasteiger partial charge >= 0.3 is 0 Å². The Balaban J connectivity index is 1.64. The summed E-state index contributed by atoms with van der Waals surface area (Å²) in [7, 11) is 0. The van der Waals surface area contributed by atoms with Gasteiger partial charge in [0, 0.05) is 34.9 Å². The lowest BCUT2D eigenvalue weighted by Gasteiger charge is -2.13. The zero-order chi connectivity index (χ0) is 21.6. The van der Waals surface area contributed by atoms with Crippen LogP contribution in [0.1, 0.15) is 17.5 Å². The Morgan fingerprint density at radius 2 is 2.00 bits per heavy atom. The Labute approximate surface area is 187 Å². The first-order chi connectivity index (χ1) is 15.1. The lowest BCUT2D eigenvalue weighted by Crippen LogP contribution is -2.03. The fourth-order valence-electron chi connectivity index (χ4n) is 2.57. The average molecular weight is 454 g/mol. The van der Waals surface area contributed by atoms with Crippen LogP contribution in [-0.2, 0) is 0 Å². The van der Waals surface area contributed by atoms with Gasteiger partial charge in [0.2, 0.25) is 0 Å².